The van der Waals surface area contributed by atoms with Gasteiger partial charge in [0.05, 0.1) is 4.92 Å². The van der Waals surface area contributed by atoms with E-state index >= 15 is 0 Å². The van der Waals surface area contributed by atoms with Crippen LogP contribution in [0.5, 0.6) is 0 Å². The molecule has 0 aliphatic rings. The van der Waals surface area contributed by atoms with Crippen LogP contribution >= 0.6 is 11.3 Å². The van der Waals surface area contributed by atoms with E-state index < -0.39 is 4.92 Å². The Kier molecular flexibility index (Phi) is 4.96. The lowest BCUT2D eigenvalue weighted by molar-refractivity contribution is -0.384. The summed E-state index contributed by atoms with van der Waals surface area (Å²) in [5.41, 5.74) is 0.847. The van der Waals surface area contributed by atoms with Crippen LogP contribution in [0.4, 0.5) is 5.69 Å². The van der Waals surface area contributed by atoms with Gasteiger partial charge in [-0.1, -0.05) is 12.1 Å². The summed E-state index contributed by atoms with van der Waals surface area (Å²) in [5.74, 6) is -0.323. The van der Waals surface area contributed by atoms with E-state index in [4.69, 9.17) is 5.11 Å². The second kappa shape index (κ2) is 6.91. The molecule has 0 aliphatic heterocycles. The first-order valence-corrected chi connectivity index (χ1v) is 7.09. The van der Waals surface area contributed by atoms with Crippen molar-refractivity contribution in [1.82, 2.24) is 10.3 Å². The van der Waals surface area contributed by atoms with E-state index in [2.05, 4.69) is 10.3 Å². The molecule has 0 spiro atoms. The highest BCUT2D eigenvalue weighted by molar-refractivity contribution is 7.13. The molecule has 0 unspecified atom stereocenters. The summed E-state index contributed by atoms with van der Waals surface area (Å²) in [6.45, 7) is 0.384. The zero-order valence-electron chi connectivity index (χ0n) is 11.0. The summed E-state index contributed by atoms with van der Waals surface area (Å²) in [4.78, 5) is 26.2. The van der Waals surface area contributed by atoms with Crippen LogP contribution in [0.25, 0.3) is 10.6 Å². The number of aliphatic hydroxyl groups excluding tert-OH is 1. The third kappa shape index (κ3) is 3.83. The molecule has 1 heterocycles. The minimum Gasteiger partial charge on any atom is -0.396 e. The predicted molar refractivity (Wildman–Crippen MR) is 78.2 cm³/mol. The molecule has 1 aromatic carbocycles. The van der Waals surface area contributed by atoms with E-state index in [1.165, 1.54) is 23.5 Å². The van der Waals surface area contributed by atoms with Crippen molar-refractivity contribution in [2.75, 3.05) is 13.2 Å². The Morgan fingerprint density at radius 2 is 2.29 bits per heavy atom. The Bertz CT molecular complexity index is 656. The van der Waals surface area contributed by atoms with Gasteiger partial charge in [-0.25, -0.2) is 4.98 Å². The molecule has 0 aliphatic carbocycles. The van der Waals surface area contributed by atoms with E-state index in [9.17, 15) is 14.9 Å². The second-order valence-electron chi connectivity index (χ2n) is 4.18. The monoisotopic (exact) mass is 307 g/mol. The first-order chi connectivity index (χ1) is 10.1. The molecular weight excluding hydrogens is 294 g/mol. The summed E-state index contributed by atoms with van der Waals surface area (Å²) in [7, 11) is 0. The van der Waals surface area contributed by atoms with Gasteiger partial charge in [0, 0.05) is 36.2 Å². The third-order valence-corrected chi connectivity index (χ3v) is 3.55. The van der Waals surface area contributed by atoms with E-state index in [1.807, 2.05) is 0 Å². The van der Waals surface area contributed by atoms with Crippen LogP contribution in [-0.4, -0.2) is 34.1 Å². The molecule has 0 fully saturated rings. The number of aliphatic hydroxyl groups is 1. The van der Waals surface area contributed by atoms with Crippen LogP contribution in [0, 0.1) is 10.1 Å². The zero-order valence-corrected chi connectivity index (χ0v) is 11.8. The number of aromatic nitrogens is 1. The number of thiazole rings is 1. The molecule has 2 aromatic rings. The van der Waals surface area contributed by atoms with Gasteiger partial charge in [-0.15, -0.1) is 11.3 Å². The van der Waals surface area contributed by atoms with Crippen molar-refractivity contribution in [3.63, 3.8) is 0 Å². The topological polar surface area (TPSA) is 105 Å². The fraction of sp³-hybridized carbons (Fsp3) is 0.231. The van der Waals surface area contributed by atoms with Gasteiger partial charge in [-0.2, -0.15) is 0 Å². The van der Waals surface area contributed by atoms with Gasteiger partial charge < -0.3 is 10.4 Å². The molecule has 2 rings (SSSR count). The van der Waals surface area contributed by atoms with Crippen molar-refractivity contribution in [3.05, 3.63) is 45.5 Å². The molecule has 0 atom stereocenters. The molecule has 0 radical (unpaired) electrons. The zero-order chi connectivity index (χ0) is 15.2. The van der Waals surface area contributed by atoms with Gasteiger partial charge >= 0.3 is 0 Å². The van der Waals surface area contributed by atoms with Crippen LogP contribution < -0.4 is 5.32 Å². The quantitative estimate of drug-likeness (QED) is 0.481. The van der Waals surface area contributed by atoms with Gasteiger partial charge in [-0.3, -0.25) is 14.9 Å². The van der Waals surface area contributed by atoms with E-state index in [0.29, 0.717) is 23.5 Å². The molecule has 8 heteroatoms. The van der Waals surface area contributed by atoms with Gasteiger partial charge in [0.15, 0.2) is 0 Å². The lowest BCUT2D eigenvalue weighted by atomic mass is 10.2. The SMILES string of the molecule is O=C(NCCCO)c1csc(-c2cccc([N+](=O)[O-])c2)n1. The number of carbonyl (C=O) groups is 1. The molecule has 0 saturated heterocycles. The molecule has 1 amide bonds. The van der Waals surface area contributed by atoms with Crippen molar-refractivity contribution >= 4 is 22.9 Å². The Morgan fingerprint density at radius 3 is 3.00 bits per heavy atom. The maximum Gasteiger partial charge on any atom is 0.270 e. The standard InChI is InChI=1S/C13H13N3O4S/c17-6-2-5-14-12(18)11-8-21-13(15-11)9-3-1-4-10(7-9)16(19)20/h1,3-4,7-8,17H,2,5-6H2,(H,14,18). The number of nitro benzene ring substituents is 1. The van der Waals surface area contributed by atoms with Crippen LogP contribution in [0.15, 0.2) is 29.6 Å². The first-order valence-electron chi connectivity index (χ1n) is 6.21. The van der Waals surface area contributed by atoms with E-state index in [0.717, 1.165) is 0 Å². The number of nitrogens with one attached hydrogen (secondary N) is 1. The molecular formula is C13H13N3O4S. The summed E-state index contributed by atoms with van der Waals surface area (Å²) < 4.78 is 0. The maximum atomic E-state index is 11.8. The van der Waals surface area contributed by atoms with Gasteiger partial charge in [0.1, 0.15) is 10.7 Å². The molecule has 0 saturated carbocycles. The highest BCUT2D eigenvalue weighted by atomic mass is 32.1. The fourth-order valence-electron chi connectivity index (χ4n) is 1.63. The first kappa shape index (κ1) is 15.1. The van der Waals surface area contributed by atoms with Crippen molar-refractivity contribution in [2.24, 2.45) is 0 Å². The maximum absolute atomic E-state index is 11.8. The fourth-order valence-corrected chi connectivity index (χ4v) is 2.43. The lowest BCUT2D eigenvalue weighted by Crippen LogP contribution is -2.25. The molecule has 21 heavy (non-hydrogen) atoms. The van der Waals surface area contributed by atoms with Crippen molar-refractivity contribution in [1.29, 1.82) is 0 Å². The van der Waals surface area contributed by atoms with Crippen molar-refractivity contribution in [3.8, 4) is 10.6 Å². The number of hydrogen-bond donors (Lipinski definition) is 2. The number of benzene rings is 1. The van der Waals surface area contributed by atoms with E-state index in [-0.39, 0.29) is 23.9 Å². The molecule has 7 nitrogen and oxygen atoms in total. The number of rotatable bonds is 6. The van der Waals surface area contributed by atoms with Gasteiger partial charge in [0.25, 0.3) is 11.6 Å². The van der Waals surface area contributed by atoms with Gasteiger partial charge in [0.2, 0.25) is 0 Å². The molecule has 110 valence electrons. The highest BCUT2D eigenvalue weighted by Gasteiger charge is 2.13. The Morgan fingerprint density at radius 1 is 1.48 bits per heavy atom. The summed E-state index contributed by atoms with van der Waals surface area (Å²) in [6, 6.07) is 6.11. The Hall–Kier alpha value is -2.32. The van der Waals surface area contributed by atoms with Crippen LogP contribution in [0.1, 0.15) is 16.9 Å². The summed E-state index contributed by atoms with van der Waals surface area (Å²) in [6.07, 6.45) is 0.480. The van der Waals surface area contributed by atoms with E-state index in [1.54, 1.807) is 17.5 Å². The number of nitrogens with zero attached hydrogens (tertiary/aromatic N) is 2. The smallest absolute Gasteiger partial charge is 0.270 e. The van der Waals surface area contributed by atoms with Crippen LogP contribution in [0.2, 0.25) is 0 Å². The average molecular weight is 307 g/mol. The predicted octanol–water partition coefficient (Wildman–Crippen LogP) is 1.83. The lowest BCUT2D eigenvalue weighted by Gasteiger charge is -2.00. The van der Waals surface area contributed by atoms with Crippen LogP contribution in [0.3, 0.4) is 0 Å². The number of nitro groups is 1. The minimum atomic E-state index is -0.473. The van der Waals surface area contributed by atoms with Crippen LogP contribution in [-0.2, 0) is 0 Å². The molecule has 1 aromatic heterocycles. The number of hydrogen-bond acceptors (Lipinski definition) is 6. The Balaban J connectivity index is 2.14. The van der Waals surface area contributed by atoms with Gasteiger partial charge in [-0.05, 0) is 6.42 Å². The summed E-state index contributed by atoms with van der Waals surface area (Å²) in [5, 5.41) is 24.2. The molecule has 2 N–H and O–H groups in total. The molecule has 0 bridgehead atoms. The normalized spacial score (nSPS) is 10.3. The number of carbonyl (C=O) groups excluding carboxylic acids is 1. The number of non-ortho nitro benzene ring substituents is 1. The minimum absolute atomic E-state index is 0.0102. The summed E-state index contributed by atoms with van der Waals surface area (Å²) >= 11 is 1.25. The largest absolute Gasteiger partial charge is 0.396 e. The third-order valence-electron chi connectivity index (χ3n) is 2.66. The number of amides is 1. The Labute approximate surface area is 124 Å². The average Bonchev–Trinajstić information content (AvgIpc) is 2.97. The van der Waals surface area contributed by atoms with Crippen molar-refractivity contribution in [2.45, 2.75) is 6.42 Å². The second-order valence-corrected chi connectivity index (χ2v) is 5.04. The highest BCUT2D eigenvalue weighted by Crippen LogP contribution is 2.26. The van der Waals surface area contributed by atoms with Crippen molar-refractivity contribution < 1.29 is 14.8 Å².